The van der Waals surface area contributed by atoms with Crippen LogP contribution in [0.2, 0.25) is 0 Å². The van der Waals surface area contributed by atoms with Crippen LogP contribution >= 0.6 is 0 Å². The van der Waals surface area contributed by atoms with E-state index in [0.29, 0.717) is 5.54 Å². The van der Waals surface area contributed by atoms with Crippen LogP contribution in [0.4, 0.5) is 0 Å². The van der Waals surface area contributed by atoms with Crippen molar-refractivity contribution in [2.24, 2.45) is 0 Å². The molecule has 2 heteroatoms. The molecule has 0 saturated carbocycles. The maximum absolute atomic E-state index is 2.64. The summed E-state index contributed by atoms with van der Waals surface area (Å²) in [6.07, 6.45) is 4.22. The fourth-order valence-electron chi connectivity index (χ4n) is 1.80. The van der Waals surface area contributed by atoms with Crippen molar-refractivity contribution in [2.75, 3.05) is 0 Å². The van der Waals surface area contributed by atoms with Gasteiger partial charge in [0, 0.05) is 5.54 Å². The molecule has 1 heterocycles. The highest BCUT2D eigenvalue weighted by atomic mass is 28.2. The number of nitrogens with zero attached hydrogens (tertiary/aromatic N) is 1. The zero-order chi connectivity index (χ0) is 7.78. The molecule has 0 spiro atoms. The van der Waals surface area contributed by atoms with E-state index < -0.39 is 0 Å². The Hall–Kier alpha value is 0.177. The van der Waals surface area contributed by atoms with Crippen LogP contribution in [0.3, 0.4) is 0 Å². The topological polar surface area (TPSA) is 3.24 Å². The van der Waals surface area contributed by atoms with Crippen LogP contribution in [0.25, 0.3) is 0 Å². The van der Waals surface area contributed by atoms with Crippen molar-refractivity contribution in [1.82, 2.24) is 4.57 Å². The second kappa shape index (κ2) is 2.66. The molecule has 1 fully saturated rings. The Bertz CT molecular complexity index is 122. The van der Waals surface area contributed by atoms with E-state index in [-0.39, 0.29) is 0 Å². The summed E-state index contributed by atoms with van der Waals surface area (Å²) in [5.74, 6) is 0. The quantitative estimate of drug-likeness (QED) is 0.473. The van der Waals surface area contributed by atoms with E-state index in [1.54, 1.807) is 0 Å². The largest absolute Gasteiger partial charge is 0.325 e. The highest BCUT2D eigenvalue weighted by molar-refractivity contribution is 6.05. The Labute approximate surface area is 67.3 Å². The van der Waals surface area contributed by atoms with E-state index in [4.69, 9.17) is 0 Å². The molecule has 0 aromatic heterocycles. The predicted molar refractivity (Wildman–Crippen MR) is 49.2 cm³/mol. The molecule has 0 bridgehead atoms. The monoisotopic (exact) mass is 157 g/mol. The first-order valence-electron chi connectivity index (χ1n) is 4.27. The maximum atomic E-state index is 2.64. The van der Waals surface area contributed by atoms with Gasteiger partial charge >= 0.3 is 0 Å². The van der Waals surface area contributed by atoms with E-state index in [9.17, 15) is 0 Å². The van der Waals surface area contributed by atoms with E-state index in [1.807, 2.05) is 0 Å². The van der Waals surface area contributed by atoms with Gasteiger partial charge in [0.1, 0.15) is 0 Å². The minimum Gasteiger partial charge on any atom is -0.325 e. The molecule has 0 amide bonds. The Balaban J connectivity index is 2.60. The zero-order valence-corrected chi connectivity index (χ0v) is 9.65. The molecule has 0 aromatic carbocycles. The molecule has 1 saturated heterocycles. The first-order chi connectivity index (χ1) is 4.54. The summed E-state index contributed by atoms with van der Waals surface area (Å²) in [5.41, 5.74) is 0.504. The highest BCUT2D eigenvalue weighted by Gasteiger charge is 2.30. The fraction of sp³-hybridized carbons (Fsp3) is 1.00. The molecule has 1 aliphatic rings. The van der Waals surface area contributed by atoms with E-state index in [2.05, 4.69) is 25.3 Å². The smallest absolute Gasteiger partial charge is 0.0794 e. The lowest BCUT2D eigenvalue weighted by molar-refractivity contribution is 0.124. The highest BCUT2D eigenvalue weighted by Crippen LogP contribution is 2.28. The van der Waals surface area contributed by atoms with Crippen molar-refractivity contribution in [3.05, 3.63) is 0 Å². The summed E-state index contributed by atoms with van der Waals surface area (Å²) in [7, 11) is 1.23. The van der Waals surface area contributed by atoms with Gasteiger partial charge in [-0.25, -0.2) is 0 Å². The van der Waals surface area contributed by atoms with E-state index >= 15 is 0 Å². The summed E-state index contributed by atoms with van der Waals surface area (Å²) < 4.78 is 2.64. The molecular weight excluding hydrogens is 138 g/mol. The van der Waals surface area contributed by atoms with Crippen LogP contribution in [-0.2, 0) is 0 Å². The lowest BCUT2D eigenvalue weighted by Crippen LogP contribution is -2.50. The maximum Gasteiger partial charge on any atom is 0.0794 e. The summed E-state index contributed by atoms with van der Waals surface area (Å²) in [6.45, 7) is 7.10. The molecule has 0 aromatic rings. The minimum absolute atomic E-state index is 0.504. The third-order valence-corrected chi connectivity index (χ3v) is 5.12. The number of piperidine rings is 1. The van der Waals surface area contributed by atoms with Crippen molar-refractivity contribution in [3.63, 3.8) is 0 Å². The van der Waals surface area contributed by atoms with Gasteiger partial charge in [0.25, 0.3) is 0 Å². The van der Waals surface area contributed by atoms with Gasteiger partial charge in [-0.05, 0) is 32.7 Å². The normalized spacial score (nSPS) is 34.5. The predicted octanol–water partition coefficient (Wildman–Crippen LogP) is 0.920. The van der Waals surface area contributed by atoms with Gasteiger partial charge < -0.3 is 4.57 Å². The van der Waals surface area contributed by atoms with Gasteiger partial charge in [-0.15, -0.1) is 0 Å². The molecule has 1 unspecified atom stereocenters. The summed E-state index contributed by atoms with van der Waals surface area (Å²) in [5, 5.41) is 0. The first kappa shape index (κ1) is 8.28. The van der Waals surface area contributed by atoms with Gasteiger partial charge in [0.15, 0.2) is 0 Å². The number of hydrogen-bond donors (Lipinski definition) is 0. The minimum atomic E-state index is 0.504. The average molecular weight is 157 g/mol. The van der Waals surface area contributed by atoms with E-state index in [1.165, 1.54) is 29.7 Å². The molecule has 10 heavy (non-hydrogen) atoms. The van der Waals surface area contributed by atoms with Gasteiger partial charge in [0.2, 0.25) is 0 Å². The van der Waals surface area contributed by atoms with Crippen LogP contribution in [0, 0.1) is 0 Å². The Morgan fingerprint density at radius 2 is 2.10 bits per heavy atom. The summed E-state index contributed by atoms with van der Waals surface area (Å²) in [4.78, 5) is 0. The van der Waals surface area contributed by atoms with Crippen LogP contribution in [-0.4, -0.2) is 26.6 Å². The van der Waals surface area contributed by atoms with Crippen molar-refractivity contribution in [3.8, 4) is 0 Å². The molecule has 60 valence electrons. The van der Waals surface area contributed by atoms with Crippen LogP contribution in [0.5, 0.6) is 0 Å². The number of hydrogen-bond acceptors (Lipinski definition) is 1. The molecule has 1 rings (SSSR count). The Kier molecular flexibility index (Phi) is 2.20. The van der Waals surface area contributed by atoms with Gasteiger partial charge in [-0.1, -0.05) is 13.3 Å². The Morgan fingerprint density at radius 1 is 1.50 bits per heavy atom. The fourth-order valence-corrected chi connectivity index (χ4v) is 2.28. The molecule has 1 nitrogen and oxygen atoms in total. The van der Waals surface area contributed by atoms with E-state index in [0.717, 1.165) is 6.04 Å². The molecule has 0 aliphatic carbocycles. The second-order valence-corrected chi connectivity index (χ2v) is 5.13. The Morgan fingerprint density at radius 3 is 2.50 bits per heavy atom. The summed E-state index contributed by atoms with van der Waals surface area (Å²) in [6, 6.07) is 0.843. The molecule has 1 atom stereocenters. The first-order valence-corrected chi connectivity index (χ1v) is 5.16. The third kappa shape index (κ3) is 1.43. The van der Waals surface area contributed by atoms with Crippen LogP contribution < -0.4 is 0 Å². The average Bonchev–Trinajstić information content (AvgIpc) is 1.83. The lowest BCUT2D eigenvalue weighted by Gasteiger charge is -2.44. The summed E-state index contributed by atoms with van der Waals surface area (Å²) >= 11 is 0. The van der Waals surface area contributed by atoms with Crippen molar-refractivity contribution in [1.29, 1.82) is 0 Å². The molecule has 0 radical (unpaired) electrons. The number of rotatable bonds is 0. The standard InChI is InChI=1S/C8H19NSi/c1-7-5-4-6-8(2,3)9(7)10/h7H,4-6H2,1-3,10H3. The SMILES string of the molecule is CC1CCCC(C)(C)N1[SiH3]. The lowest BCUT2D eigenvalue weighted by atomic mass is 9.90. The third-order valence-electron chi connectivity index (χ3n) is 3.03. The van der Waals surface area contributed by atoms with Crippen molar-refractivity contribution < 1.29 is 0 Å². The van der Waals surface area contributed by atoms with Gasteiger partial charge in [0.05, 0.1) is 10.4 Å². The molecule has 0 N–H and O–H groups in total. The molecule has 1 aliphatic heterocycles. The van der Waals surface area contributed by atoms with Crippen molar-refractivity contribution >= 4 is 10.4 Å². The van der Waals surface area contributed by atoms with Crippen LogP contribution in [0.15, 0.2) is 0 Å². The van der Waals surface area contributed by atoms with Gasteiger partial charge in [-0.3, -0.25) is 0 Å². The molecular formula is C8H19NSi. The van der Waals surface area contributed by atoms with Crippen molar-refractivity contribution in [2.45, 2.75) is 51.6 Å². The van der Waals surface area contributed by atoms with Crippen LogP contribution in [0.1, 0.15) is 40.0 Å². The zero-order valence-electron chi connectivity index (χ0n) is 7.65. The van der Waals surface area contributed by atoms with Gasteiger partial charge in [-0.2, -0.15) is 0 Å². The second-order valence-electron chi connectivity index (χ2n) is 4.16.